The average molecular weight is 400 g/mol. The van der Waals surface area contributed by atoms with Gasteiger partial charge < -0.3 is 19.4 Å². The zero-order chi connectivity index (χ0) is 19.6. The summed E-state index contributed by atoms with van der Waals surface area (Å²) in [5, 5.41) is 10.8. The number of hydrogen-bond donors (Lipinski definition) is 0. The van der Waals surface area contributed by atoms with Crippen molar-refractivity contribution in [3.05, 3.63) is 58.5 Å². The Morgan fingerprint density at radius 2 is 1.85 bits per heavy atom. The van der Waals surface area contributed by atoms with E-state index in [-0.39, 0.29) is 11.5 Å². The summed E-state index contributed by atoms with van der Waals surface area (Å²) in [4.78, 5) is 25.5. The molecule has 0 unspecified atom stereocenters. The lowest BCUT2D eigenvalue weighted by atomic mass is 10.1. The summed E-state index contributed by atoms with van der Waals surface area (Å²) >= 11 is 6.54. The predicted octanol–water partition coefficient (Wildman–Crippen LogP) is 2.47. The minimum Gasteiger partial charge on any atom is -0.545 e. The Kier molecular flexibility index (Phi) is 5.48. The quantitative estimate of drug-likeness (QED) is 0.563. The van der Waals surface area contributed by atoms with Crippen molar-refractivity contribution in [2.75, 3.05) is 19.1 Å². The summed E-state index contributed by atoms with van der Waals surface area (Å²) in [6.45, 7) is 0. The summed E-state index contributed by atoms with van der Waals surface area (Å²) in [5.74, 6) is -0.466. The predicted molar refractivity (Wildman–Crippen MR) is 106 cm³/mol. The SMILES string of the molecule is COc1ccc(N2C(=O)/C(=C/c3ccc(C(=O)[O-])cc3)SC2=S)c(OC)c1. The molecule has 27 heavy (non-hydrogen) atoms. The van der Waals surface area contributed by atoms with Crippen LogP contribution in [0.15, 0.2) is 47.4 Å². The molecule has 0 N–H and O–H groups in total. The van der Waals surface area contributed by atoms with E-state index < -0.39 is 5.97 Å². The van der Waals surface area contributed by atoms with Gasteiger partial charge in [-0.2, -0.15) is 0 Å². The van der Waals surface area contributed by atoms with Gasteiger partial charge in [-0.05, 0) is 29.3 Å². The molecule has 0 spiro atoms. The van der Waals surface area contributed by atoms with E-state index in [1.54, 1.807) is 43.5 Å². The molecule has 138 valence electrons. The molecule has 0 radical (unpaired) electrons. The number of hydrogen-bond acceptors (Lipinski definition) is 7. The van der Waals surface area contributed by atoms with Crippen molar-refractivity contribution < 1.29 is 24.2 Å². The van der Waals surface area contributed by atoms with Crippen LogP contribution in [0, 0.1) is 0 Å². The number of aromatic carboxylic acids is 1. The summed E-state index contributed by atoms with van der Waals surface area (Å²) in [5.41, 5.74) is 1.28. The molecule has 6 nitrogen and oxygen atoms in total. The van der Waals surface area contributed by atoms with E-state index >= 15 is 0 Å². The lowest BCUT2D eigenvalue weighted by Gasteiger charge is -2.18. The maximum atomic E-state index is 12.9. The van der Waals surface area contributed by atoms with Crippen LogP contribution < -0.4 is 19.5 Å². The average Bonchev–Trinajstić information content (AvgIpc) is 2.94. The van der Waals surface area contributed by atoms with E-state index in [1.807, 2.05) is 0 Å². The maximum absolute atomic E-state index is 12.9. The molecule has 0 aromatic heterocycles. The third kappa shape index (κ3) is 3.81. The number of amides is 1. The second kappa shape index (κ2) is 7.81. The summed E-state index contributed by atoms with van der Waals surface area (Å²) in [7, 11) is 3.05. The number of ether oxygens (including phenoxy) is 2. The van der Waals surface area contributed by atoms with Crippen LogP contribution in [-0.2, 0) is 4.79 Å². The van der Waals surface area contributed by atoms with Crippen LogP contribution in [0.3, 0.4) is 0 Å². The first-order valence-electron chi connectivity index (χ1n) is 7.76. The highest BCUT2D eigenvalue weighted by molar-refractivity contribution is 8.27. The van der Waals surface area contributed by atoms with E-state index in [0.717, 1.165) is 11.8 Å². The Bertz CT molecular complexity index is 953. The van der Waals surface area contributed by atoms with Gasteiger partial charge in [0.05, 0.1) is 30.8 Å². The van der Waals surface area contributed by atoms with Gasteiger partial charge in [-0.3, -0.25) is 9.69 Å². The fraction of sp³-hybridized carbons (Fsp3) is 0.105. The molecular formula is C19H14NO5S2-. The normalized spacial score (nSPS) is 15.3. The first kappa shape index (κ1) is 18.9. The molecule has 8 heteroatoms. The zero-order valence-corrected chi connectivity index (χ0v) is 16.1. The van der Waals surface area contributed by atoms with Crippen LogP contribution in [0.1, 0.15) is 15.9 Å². The minimum absolute atomic E-state index is 0.0719. The molecule has 1 heterocycles. The monoisotopic (exact) mass is 400 g/mol. The van der Waals surface area contributed by atoms with Gasteiger partial charge in [0.2, 0.25) is 0 Å². The first-order chi connectivity index (χ1) is 12.9. The van der Waals surface area contributed by atoms with Crippen LogP contribution >= 0.6 is 24.0 Å². The molecular weight excluding hydrogens is 386 g/mol. The first-order valence-corrected chi connectivity index (χ1v) is 8.98. The van der Waals surface area contributed by atoms with E-state index in [2.05, 4.69) is 0 Å². The van der Waals surface area contributed by atoms with Gasteiger partial charge in [-0.1, -0.05) is 48.2 Å². The van der Waals surface area contributed by atoms with Crippen molar-refractivity contribution in [3.8, 4) is 11.5 Å². The molecule has 1 amide bonds. The second-order valence-corrected chi connectivity index (χ2v) is 7.14. The Hall–Kier alpha value is -2.84. The smallest absolute Gasteiger partial charge is 0.270 e. The fourth-order valence-corrected chi connectivity index (χ4v) is 3.80. The standard InChI is InChI=1S/C19H15NO5S2/c1-24-13-7-8-14(15(10-13)25-2)20-17(21)16(27-19(20)26)9-11-3-5-12(6-4-11)18(22)23/h3-10H,1-2H3,(H,22,23)/p-1/b16-9-. The van der Waals surface area contributed by atoms with Gasteiger partial charge in [0, 0.05) is 6.07 Å². The van der Waals surface area contributed by atoms with Gasteiger partial charge in [-0.25, -0.2) is 0 Å². The number of rotatable bonds is 5. The fourth-order valence-electron chi connectivity index (χ4n) is 2.51. The number of carbonyl (C=O) groups is 2. The molecule has 1 aliphatic heterocycles. The summed E-state index contributed by atoms with van der Waals surface area (Å²) < 4.78 is 10.9. The van der Waals surface area contributed by atoms with Gasteiger partial charge in [0.25, 0.3) is 5.91 Å². The molecule has 0 saturated carbocycles. The lowest BCUT2D eigenvalue weighted by Crippen LogP contribution is -2.27. The van der Waals surface area contributed by atoms with Gasteiger partial charge in [-0.15, -0.1) is 0 Å². The van der Waals surface area contributed by atoms with E-state index in [1.165, 1.54) is 24.1 Å². The number of benzene rings is 2. The third-order valence-corrected chi connectivity index (χ3v) is 5.17. The molecule has 1 saturated heterocycles. The van der Waals surface area contributed by atoms with Gasteiger partial charge in [0.1, 0.15) is 11.5 Å². The molecule has 0 aliphatic carbocycles. The van der Waals surface area contributed by atoms with Crippen LogP contribution in [-0.4, -0.2) is 30.4 Å². The van der Waals surface area contributed by atoms with Crippen molar-refractivity contribution in [1.29, 1.82) is 0 Å². The van der Waals surface area contributed by atoms with Crippen LogP contribution in [0.2, 0.25) is 0 Å². The highest BCUT2D eigenvalue weighted by Crippen LogP contribution is 2.41. The number of anilines is 1. The van der Waals surface area contributed by atoms with Gasteiger partial charge in [0.15, 0.2) is 4.32 Å². The van der Waals surface area contributed by atoms with Crippen molar-refractivity contribution >= 4 is 51.9 Å². The summed E-state index contributed by atoms with van der Waals surface area (Å²) in [6, 6.07) is 11.2. The van der Waals surface area contributed by atoms with E-state index in [0.29, 0.717) is 32.0 Å². The maximum Gasteiger partial charge on any atom is 0.270 e. The highest BCUT2D eigenvalue weighted by atomic mass is 32.2. The van der Waals surface area contributed by atoms with Crippen molar-refractivity contribution in [3.63, 3.8) is 0 Å². The number of nitrogens with zero attached hydrogens (tertiary/aromatic N) is 1. The highest BCUT2D eigenvalue weighted by Gasteiger charge is 2.35. The van der Waals surface area contributed by atoms with Crippen LogP contribution in [0.25, 0.3) is 6.08 Å². The largest absolute Gasteiger partial charge is 0.545 e. The Labute approximate surface area is 165 Å². The van der Waals surface area contributed by atoms with Crippen LogP contribution in [0.4, 0.5) is 5.69 Å². The minimum atomic E-state index is -1.25. The molecule has 0 bridgehead atoms. The molecule has 2 aromatic carbocycles. The molecule has 1 fully saturated rings. The van der Waals surface area contributed by atoms with Crippen molar-refractivity contribution in [2.24, 2.45) is 0 Å². The number of thiocarbonyl (C=S) groups is 1. The number of carbonyl (C=O) groups excluding carboxylic acids is 2. The number of methoxy groups -OCH3 is 2. The van der Waals surface area contributed by atoms with E-state index in [4.69, 9.17) is 21.7 Å². The van der Waals surface area contributed by atoms with E-state index in [9.17, 15) is 14.7 Å². The number of carboxylic acid groups (broad SMARTS) is 1. The Morgan fingerprint density at radius 3 is 2.44 bits per heavy atom. The molecule has 1 aliphatic rings. The van der Waals surface area contributed by atoms with Crippen molar-refractivity contribution in [1.82, 2.24) is 0 Å². The Morgan fingerprint density at radius 1 is 1.15 bits per heavy atom. The molecule has 0 atom stereocenters. The second-order valence-electron chi connectivity index (χ2n) is 5.46. The molecule has 3 rings (SSSR count). The zero-order valence-electron chi connectivity index (χ0n) is 14.4. The lowest BCUT2D eigenvalue weighted by molar-refractivity contribution is -0.255. The third-order valence-electron chi connectivity index (χ3n) is 3.87. The van der Waals surface area contributed by atoms with Crippen molar-refractivity contribution in [2.45, 2.75) is 0 Å². The van der Waals surface area contributed by atoms with Crippen LogP contribution in [0.5, 0.6) is 11.5 Å². The summed E-state index contributed by atoms with van der Waals surface area (Å²) in [6.07, 6.45) is 1.66. The Balaban J connectivity index is 1.92. The topological polar surface area (TPSA) is 78.9 Å². The molecule has 2 aromatic rings. The number of carboxylic acids is 1. The number of thioether (sulfide) groups is 1. The van der Waals surface area contributed by atoms with Gasteiger partial charge >= 0.3 is 0 Å².